The van der Waals surface area contributed by atoms with E-state index >= 15 is 0 Å². The second kappa shape index (κ2) is 10.5. The molecule has 0 fully saturated rings. The Bertz CT molecular complexity index is 888. The van der Waals surface area contributed by atoms with E-state index in [-0.39, 0.29) is 23.8 Å². The van der Waals surface area contributed by atoms with Gasteiger partial charge in [0.1, 0.15) is 11.3 Å². The van der Waals surface area contributed by atoms with Crippen molar-refractivity contribution in [3.63, 3.8) is 0 Å². The van der Waals surface area contributed by atoms with E-state index < -0.39 is 10.7 Å². The zero-order valence-electron chi connectivity index (χ0n) is 17.3. The van der Waals surface area contributed by atoms with Crippen LogP contribution in [0.25, 0.3) is 6.08 Å². The molecule has 0 saturated carbocycles. The zero-order valence-corrected chi connectivity index (χ0v) is 17.3. The monoisotopic (exact) mass is 397 g/mol. The molecule has 6 nitrogen and oxygen atoms in total. The number of allylic oxidation sites excluding steroid dienone is 1. The largest absolute Gasteiger partial charge is 0.466 e. The van der Waals surface area contributed by atoms with E-state index in [1.54, 1.807) is 36.4 Å². The number of rotatable bonds is 10. The van der Waals surface area contributed by atoms with Crippen LogP contribution >= 0.6 is 0 Å². The highest BCUT2D eigenvalue weighted by molar-refractivity contribution is 6.14. The molecule has 0 unspecified atom stereocenters. The molecule has 29 heavy (non-hydrogen) atoms. The first-order valence-electron chi connectivity index (χ1n) is 9.61. The molecule has 0 saturated heterocycles. The van der Waals surface area contributed by atoms with Crippen molar-refractivity contribution in [1.29, 1.82) is 0 Å². The van der Waals surface area contributed by atoms with Gasteiger partial charge in [0.05, 0.1) is 4.92 Å². The highest BCUT2D eigenvalue weighted by atomic mass is 16.7. The molecule has 0 heterocycles. The van der Waals surface area contributed by atoms with Crippen LogP contribution in [0.4, 0.5) is 5.69 Å². The van der Waals surface area contributed by atoms with E-state index in [9.17, 15) is 14.9 Å². The molecule has 2 rings (SSSR count). The Hall–Kier alpha value is -2.99. The SMILES string of the molecule is CCC(=Cc1ccc([N+](=O)[O-])c(C(=O)c2ccccc2)c1OCOC)CC(C)C. The molecule has 0 aliphatic heterocycles. The predicted octanol–water partition coefficient (Wildman–Crippen LogP) is 5.65. The maximum Gasteiger partial charge on any atom is 0.284 e. The molecule has 2 aromatic rings. The van der Waals surface area contributed by atoms with Crippen LogP contribution in [0.3, 0.4) is 0 Å². The Morgan fingerprint density at radius 2 is 1.86 bits per heavy atom. The van der Waals surface area contributed by atoms with Crippen molar-refractivity contribution in [2.24, 2.45) is 5.92 Å². The van der Waals surface area contributed by atoms with Gasteiger partial charge < -0.3 is 9.47 Å². The number of methoxy groups -OCH3 is 1. The smallest absolute Gasteiger partial charge is 0.284 e. The fourth-order valence-corrected chi connectivity index (χ4v) is 3.13. The normalized spacial score (nSPS) is 11.6. The number of ketones is 1. The molecule has 6 heteroatoms. The van der Waals surface area contributed by atoms with Gasteiger partial charge in [-0.3, -0.25) is 14.9 Å². The maximum absolute atomic E-state index is 13.2. The minimum atomic E-state index is -0.557. The van der Waals surface area contributed by atoms with Crippen LogP contribution in [0.1, 0.15) is 55.1 Å². The summed E-state index contributed by atoms with van der Waals surface area (Å²) in [6.07, 6.45) is 3.68. The van der Waals surface area contributed by atoms with Crippen LogP contribution in [0.2, 0.25) is 0 Å². The molecule has 0 radical (unpaired) electrons. The topological polar surface area (TPSA) is 78.7 Å². The van der Waals surface area contributed by atoms with E-state index in [0.717, 1.165) is 12.8 Å². The summed E-state index contributed by atoms with van der Waals surface area (Å²) >= 11 is 0. The van der Waals surface area contributed by atoms with Crippen molar-refractivity contribution in [3.8, 4) is 5.75 Å². The minimum Gasteiger partial charge on any atom is -0.466 e. The van der Waals surface area contributed by atoms with Gasteiger partial charge in [-0.15, -0.1) is 0 Å². The first-order valence-corrected chi connectivity index (χ1v) is 9.61. The fraction of sp³-hybridized carbons (Fsp3) is 0.348. The number of nitrogens with zero attached hydrogens (tertiary/aromatic N) is 1. The van der Waals surface area contributed by atoms with Crippen molar-refractivity contribution >= 4 is 17.5 Å². The number of nitro groups is 1. The van der Waals surface area contributed by atoms with Crippen molar-refractivity contribution in [2.75, 3.05) is 13.9 Å². The summed E-state index contributed by atoms with van der Waals surface area (Å²) in [7, 11) is 1.46. The Morgan fingerprint density at radius 3 is 2.41 bits per heavy atom. The number of hydrogen-bond donors (Lipinski definition) is 0. The summed E-state index contributed by atoms with van der Waals surface area (Å²) < 4.78 is 10.7. The molecule has 154 valence electrons. The second-order valence-electron chi connectivity index (χ2n) is 7.14. The van der Waals surface area contributed by atoms with Gasteiger partial charge in [0.25, 0.3) is 5.69 Å². The van der Waals surface area contributed by atoms with Gasteiger partial charge in [-0.05, 0) is 24.8 Å². The molecule has 0 spiro atoms. The van der Waals surface area contributed by atoms with E-state index in [0.29, 0.717) is 17.0 Å². The van der Waals surface area contributed by atoms with E-state index in [2.05, 4.69) is 20.8 Å². The van der Waals surface area contributed by atoms with Crippen LogP contribution in [-0.4, -0.2) is 24.6 Å². The third kappa shape index (κ3) is 5.74. The summed E-state index contributed by atoms with van der Waals surface area (Å²) in [5, 5.41) is 11.7. The Kier molecular flexibility index (Phi) is 8.09. The predicted molar refractivity (Wildman–Crippen MR) is 113 cm³/mol. The van der Waals surface area contributed by atoms with Gasteiger partial charge in [0, 0.05) is 24.3 Å². The summed E-state index contributed by atoms with van der Waals surface area (Å²) in [4.78, 5) is 24.3. The van der Waals surface area contributed by atoms with Gasteiger partial charge in [-0.2, -0.15) is 0 Å². The van der Waals surface area contributed by atoms with Crippen molar-refractivity contribution in [2.45, 2.75) is 33.6 Å². The average molecular weight is 397 g/mol. The minimum absolute atomic E-state index is 0.0630. The number of benzene rings is 2. The molecular weight excluding hydrogens is 370 g/mol. The van der Waals surface area contributed by atoms with Gasteiger partial charge in [0.15, 0.2) is 6.79 Å². The molecule has 0 amide bonds. The lowest BCUT2D eigenvalue weighted by molar-refractivity contribution is -0.385. The molecular formula is C23H27NO5. The van der Waals surface area contributed by atoms with E-state index in [4.69, 9.17) is 9.47 Å². The number of nitro benzene ring substituents is 1. The van der Waals surface area contributed by atoms with E-state index in [1.165, 1.54) is 18.7 Å². The molecule has 0 aromatic heterocycles. The number of ether oxygens (including phenoxy) is 2. The standard InChI is InChI=1S/C23H27NO5/c1-5-17(13-16(2)3)14-19-11-12-20(24(26)27)21(23(19)29-15-28-4)22(25)18-9-7-6-8-10-18/h6-12,14,16H,5,13,15H2,1-4H3. The van der Waals surface area contributed by atoms with Gasteiger partial charge in [-0.25, -0.2) is 0 Å². The summed E-state index contributed by atoms with van der Waals surface area (Å²) in [5.74, 6) is 0.179. The van der Waals surface area contributed by atoms with Crippen molar-refractivity contribution in [3.05, 3.63) is 74.8 Å². The van der Waals surface area contributed by atoms with Crippen LogP contribution in [0, 0.1) is 16.0 Å². The first-order chi connectivity index (χ1) is 13.9. The van der Waals surface area contributed by atoms with Gasteiger partial charge in [0.2, 0.25) is 5.78 Å². The summed E-state index contributed by atoms with van der Waals surface area (Å²) in [6.45, 7) is 6.20. The Morgan fingerprint density at radius 1 is 1.17 bits per heavy atom. The summed E-state index contributed by atoms with van der Waals surface area (Å²) in [5.41, 5.74) is 1.81. The number of carbonyl (C=O) groups excluding carboxylic acids is 1. The first kappa shape index (κ1) is 22.3. The van der Waals surface area contributed by atoms with Crippen LogP contribution in [0.15, 0.2) is 48.0 Å². The van der Waals surface area contributed by atoms with Crippen molar-refractivity contribution in [1.82, 2.24) is 0 Å². The molecule has 0 aliphatic rings. The highest BCUT2D eigenvalue weighted by Crippen LogP contribution is 2.36. The third-order valence-corrected chi connectivity index (χ3v) is 4.43. The molecule has 0 atom stereocenters. The Balaban J connectivity index is 2.71. The second-order valence-corrected chi connectivity index (χ2v) is 7.14. The number of carbonyl (C=O) groups is 1. The highest BCUT2D eigenvalue weighted by Gasteiger charge is 2.28. The number of hydrogen-bond acceptors (Lipinski definition) is 5. The van der Waals surface area contributed by atoms with Crippen LogP contribution in [0.5, 0.6) is 5.75 Å². The van der Waals surface area contributed by atoms with Gasteiger partial charge in [-0.1, -0.05) is 62.8 Å². The van der Waals surface area contributed by atoms with Crippen LogP contribution < -0.4 is 4.74 Å². The molecule has 0 N–H and O–H groups in total. The lowest BCUT2D eigenvalue weighted by atomic mass is 9.94. The van der Waals surface area contributed by atoms with Crippen molar-refractivity contribution < 1.29 is 19.2 Å². The zero-order chi connectivity index (χ0) is 21.4. The van der Waals surface area contributed by atoms with Gasteiger partial charge >= 0.3 is 0 Å². The third-order valence-electron chi connectivity index (χ3n) is 4.43. The molecule has 0 aliphatic carbocycles. The maximum atomic E-state index is 13.2. The lowest BCUT2D eigenvalue weighted by Gasteiger charge is -2.15. The Labute approximate surface area is 171 Å². The fourth-order valence-electron chi connectivity index (χ4n) is 3.13. The lowest BCUT2D eigenvalue weighted by Crippen LogP contribution is -2.11. The van der Waals surface area contributed by atoms with E-state index in [1.807, 2.05) is 6.08 Å². The molecule has 2 aromatic carbocycles. The average Bonchev–Trinajstić information content (AvgIpc) is 2.71. The quantitative estimate of drug-likeness (QED) is 0.224. The van der Waals surface area contributed by atoms with Crippen LogP contribution in [-0.2, 0) is 4.74 Å². The summed E-state index contributed by atoms with van der Waals surface area (Å²) in [6, 6.07) is 11.5. The molecule has 0 bridgehead atoms.